The van der Waals surface area contributed by atoms with E-state index in [1.54, 1.807) is 19.5 Å². The zero-order valence-electron chi connectivity index (χ0n) is 22.1. The van der Waals surface area contributed by atoms with E-state index in [2.05, 4.69) is 20.4 Å². The first-order valence-electron chi connectivity index (χ1n) is 12.8. The summed E-state index contributed by atoms with van der Waals surface area (Å²) in [6.45, 7) is 3.52. The van der Waals surface area contributed by atoms with Crippen LogP contribution in [0.3, 0.4) is 0 Å². The van der Waals surface area contributed by atoms with Gasteiger partial charge in [-0.15, -0.1) is 0 Å². The number of benzene rings is 2. The van der Waals surface area contributed by atoms with Crippen molar-refractivity contribution >= 4 is 21.6 Å². The molecule has 5 rings (SSSR count). The van der Waals surface area contributed by atoms with Crippen LogP contribution in [0.25, 0.3) is 11.1 Å². The monoisotopic (exact) mass is 555 g/mol. The molecule has 3 heterocycles. The molecule has 2 aliphatic heterocycles. The molecule has 0 bridgehead atoms. The number of amides is 1. The van der Waals surface area contributed by atoms with E-state index in [1.165, 1.54) is 10.6 Å². The van der Waals surface area contributed by atoms with Gasteiger partial charge in [0.15, 0.2) is 0 Å². The number of sulfonamides is 1. The zero-order chi connectivity index (χ0) is 27.4. The fourth-order valence-corrected chi connectivity index (χ4v) is 5.63. The van der Waals surface area contributed by atoms with Gasteiger partial charge >= 0.3 is 0 Å². The van der Waals surface area contributed by atoms with Crippen LogP contribution in [0.2, 0.25) is 0 Å². The molecule has 12 heteroatoms. The third-order valence-electron chi connectivity index (χ3n) is 7.08. The first kappa shape index (κ1) is 27.0. The molecule has 11 nitrogen and oxygen atoms in total. The number of piperazine rings is 1. The number of nitrogens with one attached hydrogen (secondary N) is 2. The normalized spacial score (nSPS) is 18.2. The highest BCUT2D eigenvalue weighted by Crippen LogP contribution is 2.34. The van der Waals surface area contributed by atoms with Crippen LogP contribution in [0, 0.1) is 5.92 Å². The van der Waals surface area contributed by atoms with Crippen molar-refractivity contribution in [2.45, 2.75) is 6.42 Å². The molecule has 1 aromatic heterocycles. The summed E-state index contributed by atoms with van der Waals surface area (Å²) >= 11 is 0. The van der Waals surface area contributed by atoms with Gasteiger partial charge in [-0.3, -0.25) is 14.8 Å². The van der Waals surface area contributed by atoms with E-state index < -0.39 is 10.0 Å². The van der Waals surface area contributed by atoms with Crippen LogP contribution >= 0.6 is 0 Å². The number of methoxy groups -OCH3 is 1. The molecule has 0 aliphatic carbocycles. The van der Waals surface area contributed by atoms with Crippen molar-refractivity contribution in [1.82, 2.24) is 19.4 Å². The van der Waals surface area contributed by atoms with Crippen LogP contribution in [-0.4, -0.2) is 93.0 Å². The van der Waals surface area contributed by atoms with Gasteiger partial charge in [0, 0.05) is 44.5 Å². The van der Waals surface area contributed by atoms with E-state index in [0.717, 1.165) is 28.2 Å². The molecule has 2 aromatic carbocycles. The summed E-state index contributed by atoms with van der Waals surface area (Å²) in [5.41, 5.74) is 3.32. The summed E-state index contributed by atoms with van der Waals surface area (Å²) in [6.07, 6.45) is 5.30. The number of aromatic amines is 1. The Bertz CT molecular complexity index is 1400. The van der Waals surface area contributed by atoms with Crippen LogP contribution in [0.1, 0.15) is 5.56 Å². The Morgan fingerprint density at radius 2 is 1.97 bits per heavy atom. The molecule has 1 amide bonds. The van der Waals surface area contributed by atoms with Crippen molar-refractivity contribution in [2.24, 2.45) is 5.92 Å². The van der Waals surface area contributed by atoms with Crippen LogP contribution in [-0.2, 0) is 21.2 Å². The molecule has 0 saturated carbocycles. The van der Waals surface area contributed by atoms with E-state index in [-0.39, 0.29) is 18.4 Å². The second-order valence-corrected chi connectivity index (χ2v) is 11.7. The SMILES string of the molecule is COc1ccc2c(c1)CC(C(=O)Nc1ccc(-c3cn[nH]c3)cc1OCCN1CCN(S(C)(=O)=O)CC1)CO2. The van der Waals surface area contributed by atoms with Crippen LogP contribution in [0.5, 0.6) is 17.2 Å². The molecular formula is C27H33N5O6S. The first-order chi connectivity index (χ1) is 18.8. The number of hydrogen-bond donors (Lipinski definition) is 2. The van der Waals surface area contributed by atoms with Gasteiger partial charge in [0.2, 0.25) is 15.9 Å². The minimum absolute atomic E-state index is 0.152. The van der Waals surface area contributed by atoms with E-state index >= 15 is 0 Å². The lowest BCUT2D eigenvalue weighted by Gasteiger charge is -2.33. The number of fused-ring (bicyclic) bond motifs is 1. The summed E-state index contributed by atoms with van der Waals surface area (Å²) in [5, 5.41) is 9.88. The molecular weight excluding hydrogens is 522 g/mol. The molecule has 39 heavy (non-hydrogen) atoms. The van der Waals surface area contributed by atoms with Gasteiger partial charge in [-0.1, -0.05) is 6.07 Å². The van der Waals surface area contributed by atoms with Crippen molar-refractivity contribution in [3.63, 3.8) is 0 Å². The van der Waals surface area contributed by atoms with E-state index in [1.807, 2.05) is 36.4 Å². The Balaban J connectivity index is 1.25. The summed E-state index contributed by atoms with van der Waals surface area (Å²) in [6, 6.07) is 11.2. The molecule has 1 unspecified atom stereocenters. The fraction of sp³-hybridized carbons (Fsp3) is 0.407. The maximum absolute atomic E-state index is 13.3. The Morgan fingerprint density at radius 3 is 2.69 bits per heavy atom. The van der Waals surface area contributed by atoms with Crippen molar-refractivity contribution in [3.05, 3.63) is 54.4 Å². The van der Waals surface area contributed by atoms with Crippen molar-refractivity contribution in [1.29, 1.82) is 0 Å². The number of nitrogens with zero attached hydrogens (tertiary/aromatic N) is 3. The Morgan fingerprint density at radius 1 is 1.15 bits per heavy atom. The van der Waals surface area contributed by atoms with Crippen molar-refractivity contribution < 1.29 is 27.4 Å². The number of H-pyrrole nitrogens is 1. The summed E-state index contributed by atoms with van der Waals surface area (Å²) in [7, 11) is -1.56. The predicted molar refractivity (Wildman–Crippen MR) is 147 cm³/mol. The molecule has 0 radical (unpaired) electrons. The molecule has 2 aliphatic rings. The van der Waals surface area contributed by atoms with Gasteiger partial charge in [-0.05, 0) is 47.9 Å². The van der Waals surface area contributed by atoms with E-state index in [4.69, 9.17) is 14.2 Å². The van der Waals surface area contributed by atoms with Gasteiger partial charge in [0.05, 0.1) is 31.2 Å². The second kappa shape index (κ2) is 11.6. The number of hydrogen-bond acceptors (Lipinski definition) is 8. The molecule has 208 valence electrons. The summed E-state index contributed by atoms with van der Waals surface area (Å²) in [5.74, 6) is 1.53. The highest BCUT2D eigenvalue weighted by molar-refractivity contribution is 7.88. The average molecular weight is 556 g/mol. The molecule has 1 fully saturated rings. The molecule has 1 saturated heterocycles. The number of ether oxygens (including phenoxy) is 3. The number of aromatic nitrogens is 2. The minimum Gasteiger partial charge on any atom is -0.497 e. The van der Waals surface area contributed by atoms with Crippen LogP contribution in [0.15, 0.2) is 48.8 Å². The van der Waals surface area contributed by atoms with Crippen LogP contribution in [0.4, 0.5) is 5.69 Å². The van der Waals surface area contributed by atoms with Gasteiger partial charge < -0.3 is 19.5 Å². The average Bonchev–Trinajstić information content (AvgIpc) is 3.48. The number of rotatable bonds is 9. The summed E-state index contributed by atoms with van der Waals surface area (Å²) in [4.78, 5) is 15.4. The van der Waals surface area contributed by atoms with Gasteiger partial charge in [-0.2, -0.15) is 9.40 Å². The summed E-state index contributed by atoms with van der Waals surface area (Å²) < 4.78 is 42.4. The standard InChI is InChI=1S/C27H33N5O6S/c1-36-23-4-6-25-20(14-23)13-21(18-38-25)27(33)30-24-5-3-19(22-16-28-29-17-22)15-26(24)37-12-11-31-7-9-32(10-8-31)39(2,34)35/h3-6,14-17,21H,7-13,18H2,1-2H3,(H,28,29)(H,30,33). The molecule has 0 spiro atoms. The number of carbonyl (C=O) groups excluding carboxylic acids is 1. The number of carbonyl (C=O) groups is 1. The van der Waals surface area contributed by atoms with Gasteiger partial charge in [0.25, 0.3) is 0 Å². The zero-order valence-corrected chi connectivity index (χ0v) is 22.9. The van der Waals surface area contributed by atoms with E-state index in [0.29, 0.717) is 57.2 Å². The highest BCUT2D eigenvalue weighted by atomic mass is 32.2. The quantitative estimate of drug-likeness (QED) is 0.412. The Labute approximate surface area is 228 Å². The topological polar surface area (TPSA) is 126 Å². The number of anilines is 1. The van der Waals surface area contributed by atoms with Crippen molar-refractivity contribution in [3.8, 4) is 28.4 Å². The predicted octanol–water partition coefficient (Wildman–Crippen LogP) is 2.23. The first-order valence-corrected chi connectivity index (χ1v) is 14.7. The largest absolute Gasteiger partial charge is 0.497 e. The van der Waals surface area contributed by atoms with Crippen LogP contribution < -0.4 is 19.5 Å². The lowest BCUT2D eigenvalue weighted by Crippen LogP contribution is -2.49. The highest BCUT2D eigenvalue weighted by Gasteiger charge is 2.27. The third kappa shape index (κ3) is 6.52. The lowest BCUT2D eigenvalue weighted by molar-refractivity contribution is -0.121. The smallest absolute Gasteiger partial charge is 0.231 e. The minimum atomic E-state index is -3.17. The maximum Gasteiger partial charge on any atom is 0.231 e. The fourth-order valence-electron chi connectivity index (χ4n) is 4.80. The van der Waals surface area contributed by atoms with E-state index in [9.17, 15) is 13.2 Å². The Hall–Kier alpha value is -3.61. The maximum atomic E-state index is 13.3. The third-order valence-corrected chi connectivity index (χ3v) is 8.38. The van der Waals surface area contributed by atoms with Gasteiger partial charge in [0.1, 0.15) is 30.5 Å². The second-order valence-electron chi connectivity index (χ2n) is 9.73. The molecule has 3 aromatic rings. The van der Waals surface area contributed by atoms with Gasteiger partial charge in [-0.25, -0.2) is 8.42 Å². The lowest BCUT2D eigenvalue weighted by atomic mass is 9.95. The molecule has 1 atom stereocenters. The molecule has 2 N–H and O–H groups in total. The van der Waals surface area contributed by atoms with Crippen molar-refractivity contribution in [2.75, 3.05) is 64.6 Å². The Kier molecular flexibility index (Phi) is 8.05.